The van der Waals surface area contributed by atoms with Crippen molar-refractivity contribution in [2.24, 2.45) is 0 Å². The van der Waals surface area contributed by atoms with Crippen molar-refractivity contribution in [2.75, 3.05) is 6.54 Å². The number of rotatable bonds is 4. The number of carbonyl (C=O) groups is 1. The Hall–Kier alpha value is -1.02. The first-order chi connectivity index (χ1) is 7.57. The molecular weight excluding hydrogens is 222 g/mol. The normalized spacial score (nSPS) is 12.6. The van der Waals surface area contributed by atoms with Crippen LogP contribution in [0.3, 0.4) is 0 Å². The van der Waals surface area contributed by atoms with Crippen molar-refractivity contribution in [3.05, 3.63) is 35.9 Å². The van der Waals surface area contributed by atoms with E-state index in [4.69, 9.17) is 11.6 Å². The van der Waals surface area contributed by atoms with Gasteiger partial charge in [0.25, 0.3) is 0 Å². The van der Waals surface area contributed by atoms with E-state index < -0.39 is 5.38 Å². The van der Waals surface area contributed by atoms with Gasteiger partial charge in [-0.3, -0.25) is 4.79 Å². The van der Waals surface area contributed by atoms with E-state index in [9.17, 15) is 4.79 Å². The van der Waals surface area contributed by atoms with Gasteiger partial charge in [-0.2, -0.15) is 0 Å². The molecule has 1 atom stereocenters. The third kappa shape index (κ3) is 2.99. The Labute approximate surface area is 102 Å². The summed E-state index contributed by atoms with van der Waals surface area (Å²) >= 11 is 6.18. The van der Waals surface area contributed by atoms with Crippen LogP contribution in [0.15, 0.2) is 30.3 Å². The summed E-state index contributed by atoms with van der Waals surface area (Å²) in [6, 6.07) is 9.64. The Morgan fingerprint density at radius 3 is 2.31 bits per heavy atom. The minimum atomic E-state index is -0.580. The molecule has 0 N–H and O–H groups in total. The molecule has 88 valence electrons. The van der Waals surface area contributed by atoms with Crippen molar-refractivity contribution in [3.8, 4) is 0 Å². The highest BCUT2D eigenvalue weighted by Gasteiger charge is 2.24. The number of amides is 1. The molecule has 1 aromatic carbocycles. The van der Waals surface area contributed by atoms with Crippen LogP contribution in [-0.2, 0) is 4.79 Å². The van der Waals surface area contributed by atoms with Crippen molar-refractivity contribution in [2.45, 2.75) is 32.2 Å². The maximum Gasteiger partial charge on any atom is 0.245 e. The smallest absolute Gasteiger partial charge is 0.245 e. The van der Waals surface area contributed by atoms with E-state index in [1.54, 1.807) is 4.90 Å². The largest absolute Gasteiger partial charge is 0.339 e. The van der Waals surface area contributed by atoms with Crippen LogP contribution in [0.2, 0.25) is 0 Å². The lowest BCUT2D eigenvalue weighted by atomic mass is 10.1. The monoisotopic (exact) mass is 239 g/mol. The molecule has 0 heterocycles. The summed E-state index contributed by atoms with van der Waals surface area (Å²) in [7, 11) is 0. The Balaban J connectivity index is 2.81. The minimum Gasteiger partial charge on any atom is -0.339 e. The van der Waals surface area contributed by atoms with Gasteiger partial charge in [0, 0.05) is 12.6 Å². The average Bonchev–Trinajstić information content (AvgIpc) is 2.29. The van der Waals surface area contributed by atoms with Crippen molar-refractivity contribution in [1.82, 2.24) is 4.90 Å². The molecule has 3 heteroatoms. The molecule has 0 fully saturated rings. The molecule has 1 aromatic rings. The molecule has 0 saturated carbocycles. The van der Waals surface area contributed by atoms with E-state index in [1.807, 2.05) is 51.1 Å². The SMILES string of the molecule is CCN(C(=O)C(Cl)c1ccccc1)C(C)C. The van der Waals surface area contributed by atoms with Gasteiger partial charge in [0.2, 0.25) is 5.91 Å². The first kappa shape index (κ1) is 13.0. The Morgan fingerprint density at radius 1 is 1.31 bits per heavy atom. The fourth-order valence-electron chi connectivity index (χ4n) is 1.69. The first-order valence-corrected chi connectivity index (χ1v) is 6.01. The van der Waals surface area contributed by atoms with Crippen LogP contribution >= 0.6 is 11.6 Å². The van der Waals surface area contributed by atoms with Gasteiger partial charge in [0.05, 0.1) is 0 Å². The molecule has 0 spiro atoms. The second kappa shape index (κ2) is 5.90. The molecule has 1 unspecified atom stereocenters. The molecule has 0 aliphatic carbocycles. The predicted molar refractivity (Wildman–Crippen MR) is 67.6 cm³/mol. The van der Waals surface area contributed by atoms with Crippen LogP contribution in [-0.4, -0.2) is 23.4 Å². The van der Waals surface area contributed by atoms with Gasteiger partial charge in [-0.1, -0.05) is 30.3 Å². The van der Waals surface area contributed by atoms with E-state index in [0.717, 1.165) is 5.56 Å². The third-order valence-corrected chi connectivity index (χ3v) is 2.99. The third-order valence-electron chi connectivity index (χ3n) is 2.56. The zero-order valence-corrected chi connectivity index (χ0v) is 10.7. The summed E-state index contributed by atoms with van der Waals surface area (Å²) in [4.78, 5) is 13.9. The van der Waals surface area contributed by atoms with Crippen molar-refractivity contribution < 1.29 is 4.79 Å². The van der Waals surface area contributed by atoms with Gasteiger partial charge in [0.15, 0.2) is 0 Å². The molecule has 0 bridgehead atoms. The van der Waals surface area contributed by atoms with Crippen LogP contribution in [0, 0.1) is 0 Å². The van der Waals surface area contributed by atoms with Crippen molar-refractivity contribution in [1.29, 1.82) is 0 Å². The number of alkyl halides is 1. The van der Waals surface area contributed by atoms with Crippen molar-refractivity contribution in [3.63, 3.8) is 0 Å². The predicted octanol–water partition coefficient (Wildman–Crippen LogP) is 3.22. The summed E-state index contributed by atoms with van der Waals surface area (Å²) < 4.78 is 0. The second-order valence-corrected chi connectivity index (χ2v) is 4.43. The quantitative estimate of drug-likeness (QED) is 0.739. The maximum atomic E-state index is 12.1. The number of hydrogen-bond acceptors (Lipinski definition) is 1. The van der Waals surface area contributed by atoms with E-state index in [1.165, 1.54) is 0 Å². The molecule has 2 nitrogen and oxygen atoms in total. The standard InChI is InChI=1S/C13H18ClNO/c1-4-15(10(2)3)13(16)12(14)11-8-6-5-7-9-11/h5-10,12H,4H2,1-3H3. The van der Waals surface area contributed by atoms with E-state index >= 15 is 0 Å². The molecule has 0 aliphatic rings. The zero-order valence-electron chi connectivity index (χ0n) is 9.98. The van der Waals surface area contributed by atoms with Crippen molar-refractivity contribution >= 4 is 17.5 Å². The van der Waals surface area contributed by atoms with Crippen LogP contribution in [0.5, 0.6) is 0 Å². The second-order valence-electron chi connectivity index (χ2n) is 3.99. The lowest BCUT2D eigenvalue weighted by molar-refractivity contribution is -0.132. The van der Waals surface area contributed by atoms with Crippen LogP contribution in [0.1, 0.15) is 31.7 Å². The summed E-state index contributed by atoms with van der Waals surface area (Å²) in [6.45, 7) is 6.64. The number of benzene rings is 1. The summed E-state index contributed by atoms with van der Waals surface area (Å²) in [5.74, 6) is -0.0228. The molecule has 0 saturated heterocycles. The Morgan fingerprint density at radius 2 is 1.88 bits per heavy atom. The van der Waals surface area contributed by atoms with E-state index in [0.29, 0.717) is 6.54 Å². The number of hydrogen-bond donors (Lipinski definition) is 0. The maximum absolute atomic E-state index is 12.1. The molecule has 0 aromatic heterocycles. The van der Waals surface area contributed by atoms with Gasteiger partial charge in [-0.05, 0) is 26.3 Å². The molecule has 1 rings (SSSR count). The van der Waals surface area contributed by atoms with Gasteiger partial charge in [0.1, 0.15) is 5.38 Å². The van der Waals surface area contributed by atoms with Crippen LogP contribution in [0.4, 0.5) is 0 Å². The minimum absolute atomic E-state index is 0.0228. The summed E-state index contributed by atoms with van der Waals surface area (Å²) in [5.41, 5.74) is 0.855. The number of likely N-dealkylation sites (N-methyl/N-ethyl adjacent to an activating group) is 1. The lowest BCUT2D eigenvalue weighted by Gasteiger charge is -2.27. The Kier molecular flexibility index (Phi) is 4.81. The molecule has 16 heavy (non-hydrogen) atoms. The van der Waals surface area contributed by atoms with Gasteiger partial charge >= 0.3 is 0 Å². The highest BCUT2D eigenvalue weighted by Crippen LogP contribution is 2.23. The van der Waals surface area contributed by atoms with E-state index in [-0.39, 0.29) is 11.9 Å². The Bertz CT molecular complexity index is 337. The van der Waals surface area contributed by atoms with E-state index in [2.05, 4.69) is 0 Å². The number of halogens is 1. The summed E-state index contributed by atoms with van der Waals surface area (Å²) in [6.07, 6.45) is 0. The van der Waals surface area contributed by atoms with Gasteiger partial charge < -0.3 is 4.90 Å². The topological polar surface area (TPSA) is 20.3 Å². The average molecular weight is 240 g/mol. The molecular formula is C13H18ClNO. The van der Waals surface area contributed by atoms with Gasteiger partial charge in [-0.25, -0.2) is 0 Å². The number of carbonyl (C=O) groups excluding carboxylic acids is 1. The molecule has 1 amide bonds. The zero-order chi connectivity index (χ0) is 12.1. The highest BCUT2D eigenvalue weighted by atomic mass is 35.5. The number of nitrogens with zero attached hydrogens (tertiary/aromatic N) is 1. The molecule has 0 radical (unpaired) electrons. The summed E-state index contributed by atoms with van der Waals surface area (Å²) in [5, 5.41) is -0.580. The molecule has 0 aliphatic heterocycles. The first-order valence-electron chi connectivity index (χ1n) is 5.57. The van der Waals surface area contributed by atoms with Crippen LogP contribution < -0.4 is 0 Å². The fourth-order valence-corrected chi connectivity index (χ4v) is 1.96. The van der Waals surface area contributed by atoms with Gasteiger partial charge in [-0.15, -0.1) is 11.6 Å². The highest BCUT2D eigenvalue weighted by molar-refractivity contribution is 6.30. The fraction of sp³-hybridized carbons (Fsp3) is 0.462. The van der Waals surface area contributed by atoms with Crippen LogP contribution in [0.25, 0.3) is 0 Å². The lowest BCUT2D eigenvalue weighted by Crippen LogP contribution is -2.38.